The molecule has 0 fully saturated rings. The topological polar surface area (TPSA) is 202 Å². The first kappa shape index (κ1) is 41.3. The molecule has 0 rings (SSSR count). The second-order valence-corrected chi connectivity index (χ2v) is 9.28. The van der Waals surface area contributed by atoms with Gasteiger partial charge in [0.2, 0.25) is 10.4 Å². The molecule has 0 radical (unpaired) electrons. The van der Waals surface area contributed by atoms with Crippen molar-refractivity contribution in [3.63, 3.8) is 0 Å². The first-order valence-corrected chi connectivity index (χ1v) is 12.5. The molecule has 0 aromatic rings. The third kappa shape index (κ3) is 37.9. The number of nitrogens with zero attached hydrogens (tertiary/aromatic N) is 1. The van der Waals surface area contributed by atoms with Crippen LogP contribution in [0.25, 0.3) is 0 Å². The summed E-state index contributed by atoms with van der Waals surface area (Å²) in [6, 6.07) is 0. The molecule has 0 saturated heterocycles. The first-order chi connectivity index (χ1) is 15.6. The number of rotatable bonds is 17. The van der Waals surface area contributed by atoms with E-state index < -0.39 is 46.7 Å². The smallest absolute Gasteiger partial charge is 0.726 e. The predicted octanol–water partition coefficient (Wildman–Crippen LogP) is -0.683. The van der Waals surface area contributed by atoms with E-state index in [0.717, 1.165) is 12.8 Å². The molecule has 0 spiro atoms. The summed E-state index contributed by atoms with van der Waals surface area (Å²) < 4.78 is 34.5. The Labute approximate surface area is 231 Å². The summed E-state index contributed by atoms with van der Waals surface area (Å²) in [5.74, 6) is -5.02. The number of hydrogen-bond acceptors (Lipinski definition) is 9. The summed E-state index contributed by atoms with van der Waals surface area (Å²) in [6.45, 7) is 2.24. The molecule has 0 aromatic heterocycles. The molecule has 0 atom stereocenters. The van der Waals surface area contributed by atoms with Gasteiger partial charge in [-0.25, -0.2) is 13.2 Å². The van der Waals surface area contributed by atoms with Crippen molar-refractivity contribution in [2.24, 2.45) is 0 Å². The standard InChI is InChI=1S/C12H26O4S.C6H8O7.C3H9N.Na/c1-2-3-4-5-6-7-8-9-10-11-12-16-17(13,14)15;7-3(8)1-6(13,5(11)12)2-4(9)10;1-4(2)3;/h2-12H2,1H3,(H,13,14,15);13H,1-2H2,(H,7,8)(H,9,10)(H,11,12);1-3H3;/q;;;+1/p-1. The van der Waals surface area contributed by atoms with Gasteiger partial charge in [0.05, 0.1) is 19.4 Å². The van der Waals surface area contributed by atoms with Crippen LogP contribution in [0.5, 0.6) is 0 Å². The number of carbonyl (C=O) groups is 3. The van der Waals surface area contributed by atoms with E-state index in [1.54, 1.807) is 0 Å². The summed E-state index contributed by atoms with van der Waals surface area (Å²) in [7, 11) is 1.52. The first-order valence-electron chi connectivity index (χ1n) is 11.2. The molecule has 12 nitrogen and oxygen atoms in total. The maximum absolute atomic E-state index is 10.3. The summed E-state index contributed by atoms with van der Waals surface area (Å²) in [6.07, 6.45) is 9.41. The van der Waals surface area contributed by atoms with Crippen LogP contribution in [0.1, 0.15) is 84.0 Å². The number of unbranched alkanes of at least 4 members (excludes halogenated alkanes) is 9. The fourth-order valence-corrected chi connectivity index (χ4v) is 2.79. The van der Waals surface area contributed by atoms with Crippen LogP contribution in [0.15, 0.2) is 0 Å². The largest absolute Gasteiger partial charge is 1.00 e. The summed E-state index contributed by atoms with van der Waals surface area (Å²) in [5.41, 5.74) is -2.74. The minimum Gasteiger partial charge on any atom is -0.726 e. The third-order valence-corrected chi connectivity index (χ3v) is 4.47. The number of hydrogen-bond donors (Lipinski definition) is 4. The van der Waals surface area contributed by atoms with E-state index in [1.165, 1.54) is 44.9 Å². The zero-order valence-electron chi connectivity index (χ0n) is 21.7. The van der Waals surface area contributed by atoms with Gasteiger partial charge in [-0.3, -0.25) is 13.8 Å². The Bertz CT molecular complexity index is 639. The molecule has 0 aromatic carbocycles. The van der Waals surface area contributed by atoms with Crippen molar-refractivity contribution < 1.29 is 81.5 Å². The molecular formula is C21H42NNaO11S. The third-order valence-electron chi connectivity index (χ3n) is 4.01. The van der Waals surface area contributed by atoms with Gasteiger partial charge in [0, 0.05) is 0 Å². The van der Waals surface area contributed by atoms with Crippen molar-refractivity contribution in [1.82, 2.24) is 4.90 Å². The van der Waals surface area contributed by atoms with Gasteiger partial charge in [-0.05, 0) is 27.6 Å². The van der Waals surface area contributed by atoms with Gasteiger partial charge in [0.1, 0.15) is 0 Å². The van der Waals surface area contributed by atoms with E-state index in [4.69, 9.17) is 20.4 Å². The average molecular weight is 540 g/mol. The molecular weight excluding hydrogens is 497 g/mol. The molecule has 204 valence electrons. The Hall–Kier alpha value is -0.800. The molecule has 0 heterocycles. The Kier molecular flexibility index (Phi) is 29.4. The summed E-state index contributed by atoms with van der Waals surface area (Å²) in [4.78, 5) is 32.5. The molecule has 0 aliphatic heterocycles. The van der Waals surface area contributed by atoms with E-state index in [9.17, 15) is 27.4 Å². The maximum atomic E-state index is 10.3. The zero-order chi connectivity index (χ0) is 27.2. The zero-order valence-corrected chi connectivity index (χ0v) is 24.5. The van der Waals surface area contributed by atoms with Crippen LogP contribution in [-0.2, 0) is 29.0 Å². The summed E-state index contributed by atoms with van der Waals surface area (Å²) >= 11 is 0. The maximum Gasteiger partial charge on any atom is 1.00 e. The van der Waals surface area contributed by atoms with E-state index >= 15 is 0 Å². The van der Waals surface area contributed by atoms with Gasteiger partial charge in [0.25, 0.3) is 0 Å². The normalized spacial score (nSPS) is 10.8. The molecule has 35 heavy (non-hydrogen) atoms. The fourth-order valence-electron chi connectivity index (χ4n) is 2.46. The van der Waals surface area contributed by atoms with E-state index in [2.05, 4.69) is 11.1 Å². The molecule has 0 aliphatic rings. The van der Waals surface area contributed by atoms with Gasteiger partial charge in [-0.1, -0.05) is 64.7 Å². The van der Waals surface area contributed by atoms with Crippen molar-refractivity contribution in [3.8, 4) is 0 Å². The van der Waals surface area contributed by atoms with Crippen LogP contribution >= 0.6 is 0 Å². The number of aliphatic hydroxyl groups is 1. The molecule has 0 unspecified atom stereocenters. The van der Waals surface area contributed by atoms with Gasteiger partial charge >= 0.3 is 47.5 Å². The van der Waals surface area contributed by atoms with E-state index in [-0.39, 0.29) is 36.2 Å². The molecule has 0 bridgehead atoms. The van der Waals surface area contributed by atoms with Crippen molar-refractivity contribution in [1.29, 1.82) is 0 Å². The molecule has 14 heteroatoms. The summed E-state index contributed by atoms with van der Waals surface area (Å²) in [5, 5.41) is 33.8. The number of carboxylic acids is 3. The molecule has 4 N–H and O–H groups in total. The van der Waals surface area contributed by atoms with Crippen LogP contribution in [0.4, 0.5) is 0 Å². The van der Waals surface area contributed by atoms with E-state index in [1.807, 2.05) is 26.0 Å². The van der Waals surface area contributed by atoms with Crippen LogP contribution in [0.3, 0.4) is 0 Å². The average Bonchev–Trinajstić information content (AvgIpc) is 2.64. The number of aliphatic carboxylic acids is 3. The van der Waals surface area contributed by atoms with Gasteiger partial charge < -0.3 is 29.9 Å². The predicted molar refractivity (Wildman–Crippen MR) is 124 cm³/mol. The molecule has 0 amide bonds. The quantitative estimate of drug-likeness (QED) is 0.0786. The van der Waals surface area contributed by atoms with Gasteiger partial charge in [0.15, 0.2) is 5.60 Å². The van der Waals surface area contributed by atoms with Crippen LogP contribution in [0.2, 0.25) is 0 Å². The SMILES string of the molecule is CCCCCCCCCCCCOS(=O)(=O)[O-].CN(C)C.O=C(O)CC(O)(CC(=O)O)C(=O)O.[Na+]. The van der Waals surface area contributed by atoms with Crippen molar-refractivity contribution >= 4 is 28.3 Å². The Morgan fingerprint density at radius 3 is 1.37 bits per heavy atom. The Morgan fingerprint density at radius 2 is 1.11 bits per heavy atom. The van der Waals surface area contributed by atoms with Crippen molar-refractivity contribution in [3.05, 3.63) is 0 Å². The van der Waals surface area contributed by atoms with Crippen LogP contribution < -0.4 is 29.6 Å². The minimum absolute atomic E-state index is 0. The Morgan fingerprint density at radius 1 is 0.800 bits per heavy atom. The van der Waals surface area contributed by atoms with Crippen LogP contribution in [-0.4, -0.2) is 89.6 Å². The molecule has 0 saturated carbocycles. The second-order valence-electron chi connectivity index (χ2n) is 8.23. The second kappa shape index (κ2) is 24.9. The van der Waals surface area contributed by atoms with Crippen molar-refractivity contribution in [2.45, 2.75) is 89.6 Å². The fraction of sp³-hybridized carbons (Fsp3) is 0.857. The number of carboxylic acid groups (broad SMARTS) is 3. The molecule has 0 aliphatic carbocycles. The monoisotopic (exact) mass is 539 g/mol. The van der Waals surface area contributed by atoms with E-state index in [0.29, 0.717) is 6.42 Å². The minimum atomic E-state index is -4.48. The van der Waals surface area contributed by atoms with Crippen LogP contribution in [0, 0.1) is 0 Å². The van der Waals surface area contributed by atoms with Crippen molar-refractivity contribution in [2.75, 3.05) is 27.7 Å². The van der Waals surface area contributed by atoms with Gasteiger partial charge in [-0.2, -0.15) is 0 Å². The Balaban J connectivity index is -0.000000237. The van der Waals surface area contributed by atoms with Gasteiger partial charge in [-0.15, -0.1) is 0 Å².